The van der Waals surface area contributed by atoms with Gasteiger partial charge in [0.1, 0.15) is 0 Å². The van der Waals surface area contributed by atoms with Crippen LogP contribution in [0, 0.1) is 6.07 Å². The fourth-order valence-corrected chi connectivity index (χ4v) is 0.493. The molecule has 0 nitrogen and oxygen atoms in total. The van der Waals surface area contributed by atoms with Gasteiger partial charge in [0.25, 0.3) is 0 Å². The van der Waals surface area contributed by atoms with Crippen molar-refractivity contribution < 1.29 is 14.8 Å². The molecule has 0 radical (unpaired) electrons. The van der Waals surface area contributed by atoms with Crippen molar-refractivity contribution in [2.75, 3.05) is 0 Å². The van der Waals surface area contributed by atoms with E-state index in [9.17, 15) is 0 Å². The number of benzene rings is 1. The molecular formula is C6H4ClIZn. The van der Waals surface area contributed by atoms with Gasteiger partial charge in [-0.25, -0.2) is 0 Å². The summed E-state index contributed by atoms with van der Waals surface area (Å²) in [6.07, 6.45) is 0. The second-order valence-electron chi connectivity index (χ2n) is 1.22. The normalized spacial score (nSPS) is 7.56. The summed E-state index contributed by atoms with van der Waals surface area (Å²) in [6.45, 7) is 0. The standard InChI is InChI=1S/C6H4Cl.HI.Zn/c7-6-4-2-1-3-5-6;;/h2-5H;1H;/q-1;;+2/p-1. The molecule has 9 heavy (non-hydrogen) atoms. The molecule has 1 aromatic rings. The Balaban J connectivity index is 0.000000291. The van der Waals surface area contributed by atoms with Gasteiger partial charge < -0.3 is 0 Å². The average molecular weight is 304 g/mol. The van der Waals surface area contributed by atoms with E-state index in [2.05, 4.69) is 25.8 Å². The predicted octanol–water partition coefficient (Wildman–Crippen LogP) is 3.02. The van der Waals surface area contributed by atoms with E-state index in [-0.39, 0.29) is 0 Å². The van der Waals surface area contributed by atoms with Crippen LogP contribution in [0.4, 0.5) is 0 Å². The topological polar surface area (TPSA) is 0 Å². The van der Waals surface area contributed by atoms with Crippen LogP contribution in [0.3, 0.4) is 0 Å². The molecule has 0 aliphatic rings. The molecule has 0 atom stereocenters. The molecule has 0 spiro atoms. The fraction of sp³-hybridized carbons (Fsp3) is 0. The third-order valence-corrected chi connectivity index (χ3v) is 0.930. The molecule has 0 aliphatic carbocycles. The summed E-state index contributed by atoms with van der Waals surface area (Å²) in [5, 5.41) is 0.763. The van der Waals surface area contributed by atoms with E-state index >= 15 is 0 Å². The van der Waals surface area contributed by atoms with Gasteiger partial charge in [-0.3, -0.25) is 0 Å². The Morgan fingerprint density at radius 2 is 1.78 bits per heavy atom. The Kier molecular flexibility index (Phi) is 7.65. The van der Waals surface area contributed by atoms with E-state index in [1.54, 1.807) is 24.3 Å². The maximum absolute atomic E-state index is 5.52. The van der Waals surface area contributed by atoms with Crippen LogP contribution in [0.5, 0.6) is 0 Å². The van der Waals surface area contributed by atoms with Gasteiger partial charge in [-0.2, -0.15) is 30.3 Å². The first-order valence-electron chi connectivity index (χ1n) is 2.28. The van der Waals surface area contributed by atoms with E-state index in [0.29, 0.717) is 0 Å². The van der Waals surface area contributed by atoms with Crippen molar-refractivity contribution in [3.8, 4) is 0 Å². The summed E-state index contributed by atoms with van der Waals surface area (Å²) in [7, 11) is 0. The summed E-state index contributed by atoms with van der Waals surface area (Å²) in [4.78, 5) is 0. The molecule has 1 aromatic carbocycles. The van der Waals surface area contributed by atoms with Crippen LogP contribution in [0.15, 0.2) is 24.3 Å². The minimum atomic E-state index is 0.763. The summed E-state index contributed by atoms with van der Waals surface area (Å²) in [5.41, 5.74) is 0. The molecule has 0 heterocycles. The molecule has 0 N–H and O–H groups in total. The van der Waals surface area contributed by atoms with Crippen LogP contribution < -0.4 is 0 Å². The molecule has 44 valence electrons. The summed E-state index contributed by atoms with van der Waals surface area (Å²) < 4.78 is 0. The van der Waals surface area contributed by atoms with E-state index in [1.807, 2.05) is 0 Å². The monoisotopic (exact) mass is 302 g/mol. The molecule has 0 aromatic heterocycles. The van der Waals surface area contributed by atoms with Crippen molar-refractivity contribution in [3.05, 3.63) is 35.4 Å². The summed E-state index contributed by atoms with van der Waals surface area (Å²) in [6, 6.07) is 10.00. The Hall–Kier alpha value is 0.863. The van der Waals surface area contributed by atoms with Crippen molar-refractivity contribution in [2.45, 2.75) is 0 Å². The molecule has 3 heteroatoms. The number of rotatable bonds is 0. The van der Waals surface area contributed by atoms with Gasteiger partial charge in [0.05, 0.1) is 0 Å². The Morgan fingerprint density at radius 1 is 1.33 bits per heavy atom. The first-order chi connectivity index (χ1) is 4.39. The molecule has 0 saturated heterocycles. The quantitative estimate of drug-likeness (QED) is 0.393. The summed E-state index contributed by atoms with van der Waals surface area (Å²) in [5.74, 6) is 0. The van der Waals surface area contributed by atoms with Crippen LogP contribution in [0.1, 0.15) is 0 Å². The Bertz CT molecular complexity index is 143. The van der Waals surface area contributed by atoms with Crippen molar-refractivity contribution in [1.82, 2.24) is 0 Å². The molecule has 0 aliphatic heterocycles. The van der Waals surface area contributed by atoms with Gasteiger partial charge >= 0.3 is 34.5 Å². The van der Waals surface area contributed by atoms with Crippen molar-refractivity contribution in [1.29, 1.82) is 0 Å². The average Bonchev–Trinajstić information content (AvgIpc) is 1.94. The second kappa shape index (κ2) is 6.98. The SMILES string of the molecule is Clc1cc[c-]cc1.[Zn+][I]. The first kappa shape index (κ1) is 9.86. The predicted molar refractivity (Wildman–Crippen MR) is 44.3 cm³/mol. The molecule has 0 saturated carbocycles. The van der Waals surface area contributed by atoms with Crippen LogP contribution in [0.25, 0.3) is 0 Å². The zero-order valence-corrected chi connectivity index (χ0v) is 10.7. The molecular weight excluding hydrogens is 300 g/mol. The van der Waals surface area contributed by atoms with Crippen molar-refractivity contribution in [2.24, 2.45) is 0 Å². The fourth-order valence-electron chi connectivity index (χ4n) is 0.367. The van der Waals surface area contributed by atoms with Crippen LogP contribution in [0.2, 0.25) is 5.02 Å². The number of hydrogen-bond donors (Lipinski definition) is 0. The molecule has 0 unspecified atom stereocenters. The van der Waals surface area contributed by atoms with Crippen molar-refractivity contribution in [3.63, 3.8) is 0 Å². The van der Waals surface area contributed by atoms with E-state index < -0.39 is 0 Å². The van der Waals surface area contributed by atoms with Gasteiger partial charge in [0, 0.05) is 0 Å². The van der Waals surface area contributed by atoms with Crippen LogP contribution in [-0.4, -0.2) is 0 Å². The Labute approximate surface area is 80.8 Å². The van der Waals surface area contributed by atoms with Gasteiger partial charge in [0.2, 0.25) is 0 Å². The minimum absolute atomic E-state index is 0.763. The van der Waals surface area contributed by atoms with Crippen LogP contribution >= 0.6 is 31.4 Å². The van der Waals surface area contributed by atoms with Crippen LogP contribution in [-0.2, 0) is 14.8 Å². The molecule has 0 bridgehead atoms. The van der Waals surface area contributed by atoms with E-state index in [1.165, 1.54) is 14.8 Å². The van der Waals surface area contributed by atoms with Gasteiger partial charge in [-0.15, -0.1) is 11.6 Å². The van der Waals surface area contributed by atoms with Gasteiger partial charge in [-0.05, 0) is 0 Å². The Morgan fingerprint density at radius 3 is 2.00 bits per heavy atom. The maximum atomic E-state index is 5.52. The zero-order valence-electron chi connectivity index (χ0n) is 4.77. The molecule has 0 fully saturated rings. The number of halogens is 2. The third kappa shape index (κ3) is 5.31. The molecule has 1 rings (SSSR count). The van der Waals surface area contributed by atoms with E-state index in [0.717, 1.165) is 5.02 Å². The zero-order chi connectivity index (χ0) is 7.11. The molecule has 0 amide bonds. The van der Waals surface area contributed by atoms with Gasteiger partial charge in [-0.1, -0.05) is 5.02 Å². The summed E-state index contributed by atoms with van der Waals surface area (Å²) >= 11 is 9.14. The first-order valence-corrected chi connectivity index (χ1v) is 11.7. The number of hydrogen-bond acceptors (Lipinski definition) is 0. The van der Waals surface area contributed by atoms with Gasteiger partial charge in [0.15, 0.2) is 0 Å². The third-order valence-electron chi connectivity index (χ3n) is 0.678. The second-order valence-corrected chi connectivity index (χ2v) is 1.65. The van der Waals surface area contributed by atoms with E-state index in [4.69, 9.17) is 11.6 Å². The van der Waals surface area contributed by atoms with Crippen molar-refractivity contribution >= 4 is 31.4 Å².